The molecule has 1 aromatic heterocycles. The van der Waals surface area contributed by atoms with Gasteiger partial charge >= 0.3 is 5.91 Å². The first-order chi connectivity index (χ1) is 21.1. The lowest BCUT2D eigenvalue weighted by Crippen LogP contribution is -2.29. The number of ketones is 1. The topological polar surface area (TPSA) is 98.2 Å². The van der Waals surface area contributed by atoms with E-state index in [1.54, 1.807) is 36.4 Å². The zero-order valence-electron chi connectivity index (χ0n) is 26.0. The Morgan fingerprint density at radius 2 is 1.68 bits per heavy atom. The maximum absolute atomic E-state index is 13.8. The van der Waals surface area contributed by atoms with Gasteiger partial charge in [-0.15, -0.1) is 0 Å². The van der Waals surface area contributed by atoms with Gasteiger partial charge in [0.05, 0.1) is 41.7 Å². The Hall–Kier alpha value is -4.37. The third kappa shape index (κ3) is 6.15. The number of anilines is 1. The van der Waals surface area contributed by atoms with Gasteiger partial charge in [-0.05, 0) is 99.2 Å². The van der Waals surface area contributed by atoms with Crippen LogP contribution in [0.1, 0.15) is 62.4 Å². The van der Waals surface area contributed by atoms with Crippen molar-refractivity contribution in [2.24, 2.45) is 5.92 Å². The minimum atomic E-state index is -0.951. The fourth-order valence-corrected chi connectivity index (χ4v) is 6.49. The molecule has 1 unspecified atom stereocenters. The number of carbonyl (C=O) groups excluding carboxylic acids is 2. The highest BCUT2D eigenvalue weighted by atomic mass is 32.1. The summed E-state index contributed by atoms with van der Waals surface area (Å²) < 4.78 is 18.5. The molecule has 230 valence electrons. The summed E-state index contributed by atoms with van der Waals surface area (Å²) in [5.41, 5.74) is 3.78. The Morgan fingerprint density at radius 3 is 2.36 bits per heavy atom. The molecule has 4 aromatic rings. The molecule has 9 heteroatoms. The van der Waals surface area contributed by atoms with Crippen molar-refractivity contribution in [1.82, 2.24) is 4.98 Å². The van der Waals surface area contributed by atoms with Crippen molar-refractivity contribution in [3.63, 3.8) is 0 Å². The summed E-state index contributed by atoms with van der Waals surface area (Å²) in [5.74, 6) is 0.364. The van der Waals surface area contributed by atoms with Crippen LogP contribution in [0.15, 0.2) is 60.2 Å². The molecule has 1 atom stereocenters. The molecule has 1 aliphatic heterocycles. The Morgan fingerprint density at radius 1 is 0.955 bits per heavy atom. The Bertz CT molecular complexity index is 1720. The molecule has 44 heavy (non-hydrogen) atoms. The van der Waals surface area contributed by atoms with Crippen molar-refractivity contribution >= 4 is 44.1 Å². The fraction of sp³-hybridized carbons (Fsp3) is 0.343. The van der Waals surface area contributed by atoms with E-state index in [-0.39, 0.29) is 11.3 Å². The highest BCUT2D eigenvalue weighted by molar-refractivity contribution is 7.22. The first-order valence-corrected chi connectivity index (χ1v) is 15.8. The average Bonchev–Trinajstić information content (AvgIpc) is 3.52. The SMILES string of the molecule is CCOc1ccc(C(O)=C2C(=O)C(=O)N(c3nc4c(C)cc(C)cc4s3)C2c2ccc(OCCC(C)C)c(OCC)c2)cc1. The molecule has 0 bridgehead atoms. The van der Waals surface area contributed by atoms with Gasteiger partial charge in [-0.3, -0.25) is 14.5 Å². The third-order valence-electron chi connectivity index (χ3n) is 7.44. The number of thiazole rings is 1. The lowest BCUT2D eigenvalue weighted by Gasteiger charge is -2.24. The number of benzene rings is 3. The third-order valence-corrected chi connectivity index (χ3v) is 8.45. The van der Waals surface area contributed by atoms with Crippen LogP contribution in [0.4, 0.5) is 5.13 Å². The van der Waals surface area contributed by atoms with E-state index in [4.69, 9.17) is 19.2 Å². The summed E-state index contributed by atoms with van der Waals surface area (Å²) in [4.78, 5) is 33.8. The molecular weight excluding hydrogens is 576 g/mol. The average molecular weight is 615 g/mol. The van der Waals surface area contributed by atoms with Crippen LogP contribution in [0, 0.1) is 19.8 Å². The van der Waals surface area contributed by atoms with Crippen molar-refractivity contribution in [1.29, 1.82) is 0 Å². The van der Waals surface area contributed by atoms with Crippen molar-refractivity contribution < 1.29 is 28.9 Å². The van der Waals surface area contributed by atoms with E-state index >= 15 is 0 Å². The first-order valence-electron chi connectivity index (χ1n) is 14.9. The van der Waals surface area contributed by atoms with Crippen LogP contribution in [0.25, 0.3) is 16.0 Å². The number of aryl methyl sites for hydroxylation is 2. The number of ether oxygens (including phenoxy) is 3. The van der Waals surface area contributed by atoms with Gasteiger partial charge in [-0.25, -0.2) is 4.98 Å². The molecule has 0 aliphatic carbocycles. The Labute approximate surface area is 261 Å². The molecule has 1 fully saturated rings. The lowest BCUT2D eigenvalue weighted by molar-refractivity contribution is -0.132. The van der Waals surface area contributed by atoms with E-state index in [9.17, 15) is 14.7 Å². The number of fused-ring (bicyclic) bond motifs is 1. The molecule has 0 radical (unpaired) electrons. The van der Waals surface area contributed by atoms with Gasteiger partial charge in [-0.1, -0.05) is 37.3 Å². The number of nitrogens with zero attached hydrogens (tertiary/aromatic N) is 2. The summed E-state index contributed by atoms with van der Waals surface area (Å²) in [7, 11) is 0. The van der Waals surface area contributed by atoms with E-state index in [2.05, 4.69) is 13.8 Å². The van der Waals surface area contributed by atoms with Gasteiger partial charge in [0, 0.05) is 5.56 Å². The van der Waals surface area contributed by atoms with Gasteiger partial charge in [-0.2, -0.15) is 0 Å². The monoisotopic (exact) mass is 614 g/mol. The van der Waals surface area contributed by atoms with Gasteiger partial charge in [0.1, 0.15) is 11.5 Å². The van der Waals surface area contributed by atoms with Gasteiger partial charge in [0.25, 0.3) is 5.78 Å². The minimum Gasteiger partial charge on any atom is -0.507 e. The number of rotatable bonds is 11. The number of Topliss-reactive ketones (excluding diaryl/α,β-unsaturated/α-hetero) is 1. The van der Waals surface area contributed by atoms with E-state index in [1.165, 1.54) is 16.2 Å². The Balaban J connectivity index is 1.67. The molecule has 0 spiro atoms. The van der Waals surface area contributed by atoms with E-state index in [1.807, 2.05) is 45.9 Å². The maximum Gasteiger partial charge on any atom is 0.301 e. The second-order valence-corrected chi connectivity index (χ2v) is 12.2. The summed E-state index contributed by atoms with van der Waals surface area (Å²) in [6, 6.07) is 15.3. The maximum atomic E-state index is 13.8. The van der Waals surface area contributed by atoms with E-state index in [0.29, 0.717) is 59.2 Å². The predicted molar refractivity (Wildman–Crippen MR) is 174 cm³/mol. The number of carbonyl (C=O) groups is 2. The van der Waals surface area contributed by atoms with Crippen LogP contribution < -0.4 is 19.1 Å². The minimum absolute atomic E-state index is 0.0257. The second-order valence-electron chi connectivity index (χ2n) is 11.2. The van der Waals surface area contributed by atoms with Crippen LogP contribution in [0.2, 0.25) is 0 Å². The van der Waals surface area contributed by atoms with Gasteiger partial charge in [0.15, 0.2) is 16.6 Å². The van der Waals surface area contributed by atoms with Gasteiger partial charge < -0.3 is 19.3 Å². The molecular formula is C35H38N2O6S. The number of aliphatic hydroxyl groups is 1. The van der Waals surface area contributed by atoms with E-state index < -0.39 is 17.7 Å². The fourth-order valence-electron chi connectivity index (χ4n) is 5.33. The van der Waals surface area contributed by atoms with Crippen molar-refractivity contribution in [3.8, 4) is 17.2 Å². The summed E-state index contributed by atoms with van der Waals surface area (Å²) in [5, 5.41) is 12.0. The summed E-state index contributed by atoms with van der Waals surface area (Å²) in [6.45, 7) is 13.4. The standard InChI is InChI=1S/C35H38N2O6S/c1-7-41-25-12-9-23(10-13-25)32(38)29-31(24-11-14-26(27(19-24)42-8-2)43-16-15-20(3)4)37(34(40)33(29)39)35-36-30-22(6)17-21(5)18-28(30)44-35/h9-14,17-20,31,38H,7-8,15-16H2,1-6H3. The van der Waals surface area contributed by atoms with Crippen molar-refractivity contribution in [2.75, 3.05) is 24.7 Å². The number of amides is 1. The number of hydrogen-bond donors (Lipinski definition) is 1. The highest BCUT2D eigenvalue weighted by Crippen LogP contribution is 2.46. The van der Waals surface area contributed by atoms with Crippen LogP contribution >= 0.6 is 11.3 Å². The van der Waals surface area contributed by atoms with Crippen LogP contribution in [0.5, 0.6) is 17.2 Å². The zero-order chi connectivity index (χ0) is 31.5. The molecule has 1 saturated heterocycles. The largest absolute Gasteiger partial charge is 0.507 e. The van der Waals surface area contributed by atoms with Crippen LogP contribution in [-0.4, -0.2) is 41.6 Å². The lowest BCUT2D eigenvalue weighted by atomic mass is 9.95. The zero-order valence-corrected chi connectivity index (χ0v) is 26.8. The molecule has 2 heterocycles. The molecule has 1 aliphatic rings. The number of hydrogen-bond acceptors (Lipinski definition) is 8. The smallest absolute Gasteiger partial charge is 0.301 e. The number of aromatic nitrogens is 1. The molecule has 1 N–H and O–H groups in total. The normalized spacial score (nSPS) is 16.2. The van der Waals surface area contributed by atoms with Gasteiger partial charge in [0.2, 0.25) is 0 Å². The predicted octanol–water partition coefficient (Wildman–Crippen LogP) is 7.76. The van der Waals surface area contributed by atoms with Crippen molar-refractivity contribution in [3.05, 3.63) is 82.4 Å². The molecule has 0 saturated carbocycles. The number of aliphatic hydroxyl groups excluding tert-OH is 1. The molecule has 3 aromatic carbocycles. The molecule has 8 nitrogen and oxygen atoms in total. The second kappa shape index (κ2) is 13.1. The van der Waals surface area contributed by atoms with Crippen LogP contribution in [-0.2, 0) is 9.59 Å². The van der Waals surface area contributed by atoms with E-state index in [0.717, 1.165) is 27.8 Å². The quantitative estimate of drug-likeness (QED) is 0.105. The molecule has 1 amide bonds. The molecule has 5 rings (SSSR count). The van der Waals surface area contributed by atoms with Crippen LogP contribution in [0.3, 0.4) is 0 Å². The summed E-state index contributed by atoms with van der Waals surface area (Å²) >= 11 is 1.34. The Kier molecular flexibility index (Phi) is 9.25. The highest BCUT2D eigenvalue weighted by Gasteiger charge is 2.48. The summed E-state index contributed by atoms with van der Waals surface area (Å²) in [6.07, 6.45) is 0.881. The van der Waals surface area contributed by atoms with Crippen molar-refractivity contribution in [2.45, 2.75) is 54.0 Å². The first kappa shape index (κ1) is 31.1.